The molecule has 1 aliphatic heterocycles. The second-order valence-corrected chi connectivity index (χ2v) is 8.66. The molecule has 0 saturated carbocycles. The third-order valence-corrected chi connectivity index (χ3v) is 5.17. The first-order chi connectivity index (χ1) is 15.1. The zero-order chi connectivity index (χ0) is 23.8. The Hall–Kier alpha value is -2.97. The monoisotopic (exact) mass is 500 g/mol. The smallest absolute Gasteiger partial charge is 0.253 e. The molecule has 1 amide bonds. The molecule has 0 radical (unpaired) electrons. The molecule has 1 heterocycles. The zero-order valence-corrected chi connectivity index (χ0v) is 19.9. The third-order valence-electron chi connectivity index (χ3n) is 4.67. The van der Waals surface area contributed by atoms with E-state index in [9.17, 15) is 9.59 Å². The lowest BCUT2D eigenvalue weighted by Gasteiger charge is -2.15. The van der Waals surface area contributed by atoms with Gasteiger partial charge in [0.05, 0.1) is 0 Å². The number of ketones is 1. The molecule has 1 aliphatic rings. The van der Waals surface area contributed by atoms with Gasteiger partial charge in [0.15, 0.2) is 0 Å². The summed E-state index contributed by atoms with van der Waals surface area (Å²) in [6.45, 7) is 5.02. The van der Waals surface area contributed by atoms with Gasteiger partial charge in [0, 0.05) is 52.3 Å². The van der Waals surface area contributed by atoms with Crippen molar-refractivity contribution in [2.45, 2.75) is 32.8 Å². The van der Waals surface area contributed by atoms with Crippen molar-refractivity contribution in [3.8, 4) is 0 Å². The summed E-state index contributed by atoms with van der Waals surface area (Å²) in [6, 6.07) is 11.8. The standard InChI is InChI=1S/C21H21BrN4O2.C3H8O/c22-15-7-8-16(18(24)11-15)20(25)19(27)12-17(23)13-3-5-14(6-4-13)21(28)26-9-1-2-10-26;1-3(2)4/h3-8,11-12,25H,1-2,9-10,23-24H2;3-4H,1-2H3/b17-12-,25-20?;. The highest BCUT2D eigenvalue weighted by atomic mass is 79.9. The fourth-order valence-electron chi connectivity index (χ4n) is 3.10. The molecular formula is C24H29BrN4O3. The Labute approximate surface area is 196 Å². The topological polar surface area (TPSA) is 134 Å². The van der Waals surface area contributed by atoms with Crippen LogP contribution >= 0.6 is 15.9 Å². The van der Waals surface area contributed by atoms with Gasteiger partial charge in [-0.1, -0.05) is 28.1 Å². The molecule has 0 aliphatic carbocycles. The van der Waals surface area contributed by atoms with Crippen molar-refractivity contribution in [3.63, 3.8) is 0 Å². The molecule has 32 heavy (non-hydrogen) atoms. The van der Waals surface area contributed by atoms with Crippen molar-refractivity contribution >= 4 is 44.7 Å². The number of allylic oxidation sites excluding steroid dienone is 1. The van der Waals surface area contributed by atoms with E-state index in [4.69, 9.17) is 22.0 Å². The largest absolute Gasteiger partial charge is 0.398 e. The minimum absolute atomic E-state index is 0.00942. The minimum atomic E-state index is -0.538. The number of nitrogen functional groups attached to an aromatic ring is 1. The molecule has 6 N–H and O–H groups in total. The maximum absolute atomic E-state index is 12.4. The number of nitrogens with zero attached hydrogens (tertiary/aromatic N) is 1. The highest BCUT2D eigenvalue weighted by Crippen LogP contribution is 2.20. The third kappa shape index (κ3) is 7.03. The van der Waals surface area contributed by atoms with Crippen LogP contribution in [0.25, 0.3) is 5.70 Å². The number of halogens is 1. The van der Waals surface area contributed by atoms with Crippen molar-refractivity contribution < 1.29 is 14.7 Å². The number of benzene rings is 2. The number of aliphatic hydroxyl groups excluding tert-OH is 1. The quantitative estimate of drug-likeness (QED) is 0.282. The predicted molar refractivity (Wildman–Crippen MR) is 131 cm³/mol. The van der Waals surface area contributed by atoms with Gasteiger partial charge in [-0.15, -0.1) is 0 Å². The first-order valence-corrected chi connectivity index (χ1v) is 11.1. The number of anilines is 1. The van der Waals surface area contributed by atoms with Crippen LogP contribution in [0.4, 0.5) is 5.69 Å². The number of carbonyl (C=O) groups excluding carboxylic acids is 2. The summed E-state index contributed by atoms with van der Waals surface area (Å²) in [5.74, 6) is -0.529. The number of amides is 1. The Morgan fingerprint density at radius 2 is 1.62 bits per heavy atom. The van der Waals surface area contributed by atoms with E-state index in [0.29, 0.717) is 22.4 Å². The van der Waals surface area contributed by atoms with Crippen LogP contribution in [-0.2, 0) is 4.79 Å². The molecular weight excluding hydrogens is 472 g/mol. The summed E-state index contributed by atoms with van der Waals surface area (Å²) in [4.78, 5) is 26.6. The molecule has 0 aromatic heterocycles. The van der Waals surface area contributed by atoms with Crippen molar-refractivity contribution in [2.24, 2.45) is 5.73 Å². The van der Waals surface area contributed by atoms with Crippen LogP contribution in [0.1, 0.15) is 48.2 Å². The van der Waals surface area contributed by atoms with Crippen LogP contribution in [0.2, 0.25) is 0 Å². The van der Waals surface area contributed by atoms with Crippen molar-refractivity contribution in [2.75, 3.05) is 18.8 Å². The summed E-state index contributed by atoms with van der Waals surface area (Å²) in [7, 11) is 0. The number of hydrogen-bond acceptors (Lipinski definition) is 6. The number of hydrogen-bond donors (Lipinski definition) is 4. The fourth-order valence-corrected chi connectivity index (χ4v) is 3.48. The molecule has 2 aromatic carbocycles. The van der Waals surface area contributed by atoms with E-state index < -0.39 is 5.78 Å². The lowest BCUT2D eigenvalue weighted by Crippen LogP contribution is -2.27. The van der Waals surface area contributed by atoms with Gasteiger partial charge in [0.25, 0.3) is 5.91 Å². The first kappa shape index (κ1) is 25.3. The summed E-state index contributed by atoms with van der Waals surface area (Å²) >= 11 is 3.30. The van der Waals surface area contributed by atoms with Gasteiger partial charge in [-0.3, -0.25) is 15.0 Å². The van der Waals surface area contributed by atoms with E-state index in [1.165, 1.54) is 6.08 Å². The van der Waals surface area contributed by atoms with Crippen LogP contribution < -0.4 is 11.5 Å². The van der Waals surface area contributed by atoms with Gasteiger partial charge in [-0.25, -0.2) is 0 Å². The van der Waals surface area contributed by atoms with Gasteiger partial charge in [0.1, 0.15) is 5.71 Å². The second kappa shape index (κ2) is 11.6. The zero-order valence-electron chi connectivity index (χ0n) is 18.3. The van der Waals surface area contributed by atoms with Crippen molar-refractivity contribution in [3.05, 3.63) is 69.7 Å². The average Bonchev–Trinajstić information content (AvgIpc) is 3.27. The normalized spacial score (nSPS) is 13.5. The van der Waals surface area contributed by atoms with Gasteiger partial charge >= 0.3 is 0 Å². The average molecular weight is 501 g/mol. The Bertz CT molecular complexity index is 1010. The maximum Gasteiger partial charge on any atom is 0.253 e. The number of nitrogens with two attached hydrogens (primary N) is 2. The van der Waals surface area contributed by atoms with Crippen LogP contribution in [0.3, 0.4) is 0 Å². The summed E-state index contributed by atoms with van der Waals surface area (Å²) in [5, 5.41) is 16.1. The molecule has 0 spiro atoms. The van der Waals surface area contributed by atoms with Crippen molar-refractivity contribution in [1.29, 1.82) is 5.41 Å². The summed E-state index contributed by atoms with van der Waals surface area (Å²) in [6.07, 6.45) is 3.12. The molecule has 7 nitrogen and oxygen atoms in total. The highest BCUT2D eigenvalue weighted by molar-refractivity contribution is 9.10. The van der Waals surface area contributed by atoms with Crippen LogP contribution in [0.5, 0.6) is 0 Å². The molecule has 1 fully saturated rings. The van der Waals surface area contributed by atoms with Gasteiger partial charge in [0.2, 0.25) is 5.78 Å². The Balaban J connectivity index is 0.000000837. The Kier molecular flexibility index (Phi) is 9.16. The van der Waals surface area contributed by atoms with Gasteiger partial charge in [-0.05, 0) is 62.6 Å². The van der Waals surface area contributed by atoms with E-state index in [-0.39, 0.29) is 23.4 Å². The van der Waals surface area contributed by atoms with E-state index in [1.54, 1.807) is 56.3 Å². The van der Waals surface area contributed by atoms with Crippen LogP contribution in [0, 0.1) is 5.41 Å². The van der Waals surface area contributed by atoms with E-state index in [2.05, 4.69) is 15.9 Å². The molecule has 0 atom stereocenters. The highest BCUT2D eigenvalue weighted by Gasteiger charge is 2.19. The van der Waals surface area contributed by atoms with Crippen LogP contribution in [-0.4, -0.2) is 46.6 Å². The minimum Gasteiger partial charge on any atom is -0.398 e. The number of carbonyl (C=O) groups is 2. The predicted octanol–water partition coefficient (Wildman–Crippen LogP) is 3.59. The van der Waals surface area contributed by atoms with E-state index in [0.717, 1.165) is 30.4 Å². The lowest BCUT2D eigenvalue weighted by molar-refractivity contribution is -0.108. The molecule has 0 unspecified atom stereocenters. The SMILES string of the molecule is CC(C)O.N=C(C(=O)/C=C(\N)c1ccc(C(=O)N2CCCC2)cc1)c1ccc(Br)cc1N. The Morgan fingerprint density at radius 3 is 2.16 bits per heavy atom. The molecule has 2 aromatic rings. The molecule has 0 bridgehead atoms. The summed E-state index contributed by atoms with van der Waals surface area (Å²) in [5.41, 5.74) is 13.8. The molecule has 3 rings (SSSR count). The van der Waals surface area contributed by atoms with E-state index >= 15 is 0 Å². The first-order valence-electron chi connectivity index (χ1n) is 10.3. The van der Waals surface area contributed by atoms with Crippen molar-refractivity contribution in [1.82, 2.24) is 4.90 Å². The van der Waals surface area contributed by atoms with Gasteiger partial charge in [-0.2, -0.15) is 0 Å². The lowest BCUT2D eigenvalue weighted by atomic mass is 10.0. The molecule has 1 saturated heterocycles. The second-order valence-electron chi connectivity index (χ2n) is 7.74. The molecule has 8 heteroatoms. The van der Waals surface area contributed by atoms with E-state index in [1.807, 2.05) is 4.90 Å². The number of nitrogens with one attached hydrogen (secondary N) is 1. The molecule has 170 valence electrons. The number of rotatable bonds is 5. The van der Waals surface area contributed by atoms with Gasteiger partial charge < -0.3 is 21.5 Å². The Morgan fingerprint density at radius 1 is 1.09 bits per heavy atom. The number of likely N-dealkylation sites (tertiary alicyclic amines) is 1. The van der Waals surface area contributed by atoms with Crippen LogP contribution in [0.15, 0.2) is 53.0 Å². The summed E-state index contributed by atoms with van der Waals surface area (Å²) < 4.78 is 0.771. The number of aliphatic hydroxyl groups is 1. The maximum atomic E-state index is 12.4. The fraction of sp³-hybridized carbons (Fsp3) is 0.292.